The van der Waals surface area contributed by atoms with Gasteiger partial charge in [0.1, 0.15) is 0 Å². The first-order valence-corrected chi connectivity index (χ1v) is 6.72. The molecule has 0 unspecified atom stereocenters. The molecule has 93 valence electrons. The van der Waals surface area contributed by atoms with Crippen LogP contribution in [0.2, 0.25) is 0 Å². The second-order valence-corrected chi connectivity index (χ2v) is 4.73. The van der Waals surface area contributed by atoms with Gasteiger partial charge in [-0.25, -0.2) is 0 Å². The Labute approximate surface area is 142 Å². The molecule has 11 radical (unpaired) electrons. The molecule has 0 heterocycles. The van der Waals surface area contributed by atoms with Crippen LogP contribution in [0.5, 0.6) is 0 Å². The quantitative estimate of drug-likeness (QED) is 0.633. The number of benzene rings is 1. The van der Waals surface area contributed by atoms with Crippen molar-refractivity contribution in [2.75, 3.05) is 0 Å². The van der Waals surface area contributed by atoms with Gasteiger partial charge >= 0.3 is 78.9 Å². The minimum Gasteiger partial charge on any atom is -0.0312 e. The number of rotatable bonds is 0. The van der Waals surface area contributed by atoms with Crippen molar-refractivity contribution in [3.8, 4) is 0 Å². The Morgan fingerprint density at radius 3 is 1.26 bits per heavy atom. The van der Waals surface area contributed by atoms with E-state index in [0.717, 1.165) is 0 Å². The molecular formula is C17H17SeTi+2. The van der Waals surface area contributed by atoms with Crippen molar-refractivity contribution < 1.29 is 21.7 Å². The zero-order valence-electron chi connectivity index (χ0n) is 11.0. The monoisotopic (exact) mass is 349 g/mol. The molecule has 2 aliphatic carbocycles. The van der Waals surface area contributed by atoms with Gasteiger partial charge in [-0.1, -0.05) is 0 Å². The first kappa shape index (κ1) is 19.5. The largest absolute Gasteiger partial charge is 2.00 e. The molecule has 0 aliphatic heterocycles. The van der Waals surface area contributed by atoms with Crippen LogP contribution in [0.15, 0.2) is 24.3 Å². The van der Waals surface area contributed by atoms with E-state index in [2.05, 4.69) is 35.1 Å². The van der Waals surface area contributed by atoms with Crippen molar-refractivity contribution in [3.05, 3.63) is 94.0 Å². The van der Waals surface area contributed by atoms with Gasteiger partial charge in [0, 0.05) is 0 Å². The van der Waals surface area contributed by atoms with E-state index in [0.29, 0.717) is 0 Å². The standard InChI is InChI=1S/C7H7Se.2C5H5.Ti/c1-6-3-2-4-7(8)5-6;2*1-2-4-5-3-1;/h2-5H,1H3;2*1-5H;/q;;;+2. The van der Waals surface area contributed by atoms with Crippen LogP contribution in [0.3, 0.4) is 0 Å². The third-order valence-electron chi connectivity index (χ3n) is 2.10. The van der Waals surface area contributed by atoms with E-state index >= 15 is 0 Å². The third-order valence-corrected chi connectivity index (χ3v) is 2.63. The Hall–Kier alpha value is 0.454. The molecule has 19 heavy (non-hydrogen) atoms. The first-order chi connectivity index (χ1) is 8.79. The second kappa shape index (κ2) is 13.4. The Morgan fingerprint density at radius 2 is 1.05 bits per heavy atom. The molecule has 1 aromatic carbocycles. The molecule has 2 aliphatic rings. The fourth-order valence-electron chi connectivity index (χ4n) is 1.26. The summed E-state index contributed by atoms with van der Waals surface area (Å²) in [5.74, 6) is 0. The van der Waals surface area contributed by atoms with Crippen molar-refractivity contribution in [2.45, 2.75) is 6.92 Å². The fraction of sp³-hybridized carbons (Fsp3) is 0.0588. The van der Waals surface area contributed by atoms with Gasteiger partial charge in [0.05, 0.1) is 0 Å². The SMILES string of the molecule is Cc1cccc([Se])c1.[CH]1[CH][CH][CH][CH]1.[CH]1[CH][CH][CH][CH]1.[Ti+2]. The van der Waals surface area contributed by atoms with E-state index in [1.165, 1.54) is 10.0 Å². The Morgan fingerprint density at radius 1 is 0.684 bits per heavy atom. The van der Waals surface area contributed by atoms with Crippen LogP contribution in [-0.4, -0.2) is 16.0 Å². The normalized spacial score (nSPS) is 16.5. The van der Waals surface area contributed by atoms with Gasteiger partial charge in [-0.15, -0.1) is 0 Å². The summed E-state index contributed by atoms with van der Waals surface area (Å²) >= 11 is 2.94. The molecule has 2 fully saturated rings. The average Bonchev–Trinajstić information content (AvgIpc) is 3.09. The van der Waals surface area contributed by atoms with Gasteiger partial charge in [-0.05, 0) is 64.2 Å². The summed E-state index contributed by atoms with van der Waals surface area (Å²) in [4.78, 5) is 0. The van der Waals surface area contributed by atoms with Gasteiger partial charge in [-0.2, -0.15) is 0 Å². The van der Waals surface area contributed by atoms with E-state index in [9.17, 15) is 0 Å². The van der Waals surface area contributed by atoms with Crippen LogP contribution in [0.4, 0.5) is 0 Å². The maximum atomic E-state index is 2.94. The number of aryl methyl sites for hydroxylation is 1. The maximum absolute atomic E-state index is 2.94. The zero-order valence-corrected chi connectivity index (χ0v) is 14.3. The summed E-state index contributed by atoms with van der Waals surface area (Å²) in [6, 6.07) is 8.29. The minimum absolute atomic E-state index is 0. The summed E-state index contributed by atoms with van der Waals surface area (Å²) in [6.07, 6.45) is 20.0. The Kier molecular flexibility index (Phi) is 13.8. The van der Waals surface area contributed by atoms with Crippen molar-refractivity contribution in [2.24, 2.45) is 0 Å². The topological polar surface area (TPSA) is 0 Å². The summed E-state index contributed by atoms with van der Waals surface area (Å²) in [6.45, 7) is 2.08. The first-order valence-electron chi connectivity index (χ1n) is 5.86. The van der Waals surface area contributed by atoms with Crippen molar-refractivity contribution in [3.63, 3.8) is 0 Å². The van der Waals surface area contributed by atoms with Gasteiger partial charge in [-0.3, -0.25) is 0 Å². The maximum Gasteiger partial charge on any atom is 2.00 e. The molecule has 0 nitrogen and oxygen atoms in total. The van der Waals surface area contributed by atoms with Gasteiger partial charge in [0.2, 0.25) is 0 Å². The van der Waals surface area contributed by atoms with E-state index in [4.69, 9.17) is 0 Å². The van der Waals surface area contributed by atoms with Crippen LogP contribution in [0, 0.1) is 71.1 Å². The molecule has 0 spiro atoms. The summed E-state index contributed by atoms with van der Waals surface area (Å²) in [7, 11) is 0. The predicted molar refractivity (Wildman–Crippen MR) is 79.6 cm³/mol. The summed E-state index contributed by atoms with van der Waals surface area (Å²) < 4.78 is 1.21. The predicted octanol–water partition coefficient (Wildman–Crippen LogP) is 2.83. The third kappa shape index (κ3) is 11.9. The molecule has 3 rings (SSSR count). The smallest absolute Gasteiger partial charge is 0.0312 e. The molecule has 0 N–H and O–H groups in total. The average molecular weight is 348 g/mol. The van der Waals surface area contributed by atoms with Gasteiger partial charge in [0.25, 0.3) is 0 Å². The molecule has 0 bridgehead atoms. The van der Waals surface area contributed by atoms with E-state index in [-0.39, 0.29) is 21.7 Å². The van der Waals surface area contributed by atoms with Crippen LogP contribution in [0.25, 0.3) is 0 Å². The molecule has 0 aromatic heterocycles. The van der Waals surface area contributed by atoms with Gasteiger partial charge < -0.3 is 0 Å². The molecule has 0 atom stereocenters. The van der Waals surface area contributed by atoms with Gasteiger partial charge in [0.15, 0.2) is 0 Å². The minimum atomic E-state index is 0. The zero-order chi connectivity index (χ0) is 13.1. The molecule has 1 aromatic rings. The Bertz CT molecular complexity index is 261. The fourth-order valence-corrected chi connectivity index (χ4v) is 1.81. The van der Waals surface area contributed by atoms with Crippen LogP contribution < -0.4 is 4.46 Å². The molecular weight excluding hydrogens is 331 g/mol. The molecule has 2 saturated carbocycles. The Balaban J connectivity index is 0.000000259. The van der Waals surface area contributed by atoms with Crippen LogP contribution >= 0.6 is 0 Å². The molecule has 0 saturated heterocycles. The van der Waals surface area contributed by atoms with Crippen molar-refractivity contribution in [1.29, 1.82) is 0 Å². The number of hydrogen-bond donors (Lipinski definition) is 0. The van der Waals surface area contributed by atoms with Crippen molar-refractivity contribution in [1.82, 2.24) is 0 Å². The van der Waals surface area contributed by atoms with E-state index in [1.807, 2.05) is 76.3 Å². The van der Waals surface area contributed by atoms with Crippen LogP contribution in [0.1, 0.15) is 5.56 Å². The van der Waals surface area contributed by atoms with E-state index < -0.39 is 0 Å². The summed E-state index contributed by atoms with van der Waals surface area (Å²) in [5, 5.41) is 0. The molecule has 2 heteroatoms. The second-order valence-electron chi connectivity index (χ2n) is 3.74. The number of hydrogen-bond acceptors (Lipinski definition) is 0. The summed E-state index contributed by atoms with van der Waals surface area (Å²) in [5.41, 5.74) is 1.31. The van der Waals surface area contributed by atoms with Crippen LogP contribution in [-0.2, 0) is 21.7 Å². The van der Waals surface area contributed by atoms with E-state index in [1.54, 1.807) is 0 Å². The molecule has 0 amide bonds. The van der Waals surface area contributed by atoms with Crippen molar-refractivity contribution >= 4 is 20.5 Å².